The molecule has 0 aromatic carbocycles. The summed E-state index contributed by atoms with van der Waals surface area (Å²) in [5.41, 5.74) is 16.1. The lowest BCUT2D eigenvalue weighted by molar-refractivity contribution is 0.645. The highest BCUT2D eigenvalue weighted by molar-refractivity contribution is 5.54. The van der Waals surface area contributed by atoms with Gasteiger partial charge in [-0.05, 0) is 48.9 Å². The predicted molar refractivity (Wildman–Crippen MR) is 91.4 cm³/mol. The fourth-order valence-corrected chi connectivity index (χ4v) is 2.29. The van der Waals surface area contributed by atoms with Crippen molar-refractivity contribution in [2.45, 2.75) is 51.6 Å². The largest absolute Gasteiger partial charge is 0.327 e. The zero-order chi connectivity index (χ0) is 15.9. The maximum absolute atomic E-state index is 5.97. The average molecular weight is 298 g/mol. The summed E-state index contributed by atoms with van der Waals surface area (Å²) in [6.07, 6.45) is 7.48. The Balaban J connectivity index is 2.05. The molecule has 0 amide bonds. The van der Waals surface area contributed by atoms with Crippen molar-refractivity contribution < 1.29 is 0 Å². The van der Waals surface area contributed by atoms with Gasteiger partial charge >= 0.3 is 0 Å². The van der Waals surface area contributed by atoms with E-state index >= 15 is 0 Å². The van der Waals surface area contributed by atoms with Gasteiger partial charge in [0.15, 0.2) is 0 Å². The van der Waals surface area contributed by atoms with Gasteiger partial charge in [0.05, 0.1) is 11.4 Å². The van der Waals surface area contributed by atoms with Crippen molar-refractivity contribution in [1.29, 1.82) is 0 Å². The Morgan fingerprint density at radius 1 is 0.773 bits per heavy atom. The summed E-state index contributed by atoms with van der Waals surface area (Å²) >= 11 is 0. The number of rotatable bonds is 7. The Morgan fingerprint density at radius 2 is 1.18 bits per heavy atom. The lowest BCUT2D eigenvalue weighted by atomic mass is 10.0. The summed E-state index contributed by atoms with van der Waals surface area (Å²) in [6, 6.07) is 8.59. The summed E-state index contributed by atoms with van der Waals surface area (Å²) < 4.78 is 0. The number of pyridine rings is 2. The number of aromatic nitrogens is 2. The van der Waals surface area contributed by atoms with Crippen molar-refractivity contribution in [2.24, 2.45) is 11.5 Å². The zero-order valence-electron chi connectivity index (χ0n) is 13.5. The molecule has 0 aliphatic rings. The van der Waals surface area contributed by atoms with Crippen LogP contribution in [0.4, 0.5) is 0 Å². The van der Waals surface area contributed by atoms with E-state index in [9.17, 15) is 0 Å². The van der Waals surface area contributed by atoms with Gasteiger partial charge in [-0.2, -0.15) is 0 Å². The van der Waals surface area contributed by atoms with Crippen molar-refractivity contribution in [3.63, 3.8) is 0 Å². The molecule has 0 bridgehead atoms. The standard InChI is InChI=1S/C18H26N4/c1-3-15(19)9-13-5-7-17(21-11-13)18-8-6-14(12-22-18)10-16(20)4-2/h5-8,11-12,15-16H,3-4,9-10,19-20H2,1-2H3. The first-order chi connectivity index (χ1) is 10.6. The van der Waals surface area contributed by atoms with Crippen molar-refractivity contribution in [3.05, 3.63) is 47.8 Å². The van der Waals surface area contributed by atoms with Crippen LogP contribution in [0.2, 0.25) is 0 Å². The molecule has 0 saturated heterocycles. The van der Waals surface area contributed by atoms with Crippen LogP contribution in [0.25, 0.3) is 11.4 Å². The minimum absolute atomic E-state index is 0.202. The second-order valence-electron chi connectivity index (χ2n) is 5.85. The van der Waals surface area contributed by atoms with Crippen LogP contribution in [0.15, 0.2) is 36.7 Å². The van der Waals surface area contributed by atoms with E-state index < -0.39 is 0 Å². The molecule has 0 aliphatic carbocycles. The van der Waals surface area contributed by atoms with Gasteiger partial charge in [-0.25, -0.2) is 0 Å². The van der Waals surface area contributed by atoms with Gasteiger partial charge < -0.3 is 11.5 Å². The van der Waals surface area contributed by atoms with Gasteiger partial charge in [-0.15, -0.1) is 0 Å². The minimum atomic E-state index is 0.202. The molecule has 4 heteroatoms. The van der Waals surface area contributed by atoms with Crippen molar-refractivity contribution in [2.75, 3.05) is 0 Å². The first-order valence-corrected chi connectivity index (χ1v) is 8.03. The van der Waals surface area contributed by atoms with Gasteiger partial charge in [0.1, 0.15) is 0 Å². The molecular formula is C18H26N4. The average Bonchev–Trinajstić information content (AvgIpc) is 2.56. The highest BCUT2D eigenvalue weighted by Crippen LogP contribution is 2.16. The molecule has 4 N–H and O–H groups in total. The Labute approximate surface area is 133 Å². The van der Waals surface area contributed by atoms with E-state index in [-0.39, 0.29) is 12.1 Å². The maximum Gasteiger partial charge on any atom is 0.0886 e. The molecule has 2 aromatic rings. The maximum atomic E-state index is 5.97. The van der Waals surface area contributed by atoms with Crippen molar-refractivity contribution in [3.8, 4) is 11.4 Å². The molecular weight excluding hydrogens is 272 g/mol. The van der Waals surface area contributed by atoms with E-state index in [0.29, 0.717) is 0 Å². The number of hydrogen-bond donors (Lipinski definition) is 2. The van der Waals surface area contributed by atoms with Crippen LogP contribution < -0.4 is 11.5 Å². The van der Waals surface area contributed by atoms with Crippen molar-refractivity contribution in [1.82, 2.24) is 9.97 Å². The van der Waals surface area contributed by atoms with E-state index in [1.165, 1.54) is 11.1 Å². The van der Waals surface area contributed by atoms with Crippen LogP contribution in [0.5, 0.6) is 0 Å². The zero-order valence-corrected chi connectivity index (χ0v) is 13.5. The molecule has 2 aromatic heterocycles. The normalized spacial score (nSPS) is 13.8. The fourth-order valence-electron chi connectivity index (χ4n) is 2.29. The quantitative estimate of drug-likeness (QED) is 0.824. The van der Waals surface area contributed by atoms with Crippen LogP contribution in [-0.4, -0.2) is 22.1 Å². The van der Waals surface area contributed by atoms with Crippen LogP contribution in [-0.2, 0) is 12.8 Å². The predicted octanol–water partition coefficient (Wildman–Crippen LogP) is 2.70. The summed E-state index contributed by atoms with van der Waals surface area (Å²) in [5.74, 6) is 0. The second kappa shape index (κ2) is 8.01. The monoisotopic (exact) mass is 298 g/mol. The fraction of sp³-hybridized carbons (Fsp3) is 0.444. The summed E-state index contributed by atoms with van der Waals surface area (Å²) in [5, 5.41) is 0. The molecule has 4 nitrogen and oxygen atoms in total. The van der Waals surface area contributed by atoms with E-state index in [1.807, 2.05) is 24.5 Å². The first-order valence-electron chi connectivity index (χ1n) is 8.03. The molecule has 2 atom stereocenters. The number of hydrogen-bond acceptors (Lipinski definition) is 4. The molecule has 2 rings (SSSR count). The third kappa shape index (κ3) is 4.61. The van der Waals surface area contributed by atoms with E-state index in [0.717, 1.165) is 37.1 Å². The highest BCUT2D eigenvalue weighted by Gasteiger charge is 2.06. The third-order valence-electron chi connectivity index (χ3n) is 3.96. The Kier molecular flexibility index (Phi) is 6.04. The molecule has 22 heavy (non-hydrogen) atoms. The van der Waals surface area contributed by atoms with Gasteiger partial charge in [0.2, 0.25) is 0 Å². The van der Waals surface area contributed by atoms with E-state index in [1.54, 1.807) is 0 Å². The Hall–Kier alpha value is -1.78. The Bertz CT molecular complexity index is 509. The number of nitrogens with two attached hydrogens (primary N) is 2. The molecule has 2 unspecified atom stereocenters. The van der Waals surface area contributed by atoms with Crippen LogP contribution >= 0.6 is 0 Å². The molecule has 2 heterocycles. The molecule has 0 fully saturated rings. The topological polar surface area (TPSA) is 77.8 Å². The van der Waals surface area contributed by atoms with Gasteiger partial charge in [0.25, 0.3) is 0 Å². The van der Waals surface area contributed by atoms with Gasteiger partial charge in [-0.1, -0.05) is 26.0 Å². The van der Waals surface area contributed by atoms with Gasteiger partial charge in [-0.3, -0.25) is 9.97 Å². The van der Waals surface area contributed by atoms with E-state index in [2.05, 4.69) is 35.9 Å². The second-order valence-corrected chi connectivity index (χ2v) is 5.85. The van der Waals surface area contributed by atoms with Crippen LogP contribution in [0.3, 0.4) is 0 Å². The van der Waals surface area contributed by atoms with Gasteiger partial charge in [0, 0.05) is 24.5 Å². The molecule has 0 aliphatic heterocycles. The lowest BCUT2D eigenvalue weighted by Gasteiger charge is -2.10. The molecule has 0 radical (unpaired) electrons. The lowest BCUT2D eigenvalue weighted by Crippen LogP contribution is -2.21. The third-order valence-corrected chi connectivity index (χ3v) is 3.96. The number of nitrogens with zero attached hydrogens (tertiary/aromatic N) is 2. The summed E-state index contributed by atoms with van der Waals surface area (Å²) in [4.78, 5) is 9.00. The smallest absolute Gasteiger partial charge is 0.0886 e. The summed E-state index contributed by atoms with van der Waals surface area (Å²) in [7, 11) is 0. The SMILES string of the molecule is CCC(N)Cc1ccc(-c2ccc(CC(N)CC)cn2)nc1. The van der Waals surface area contributed by atoms with Crippen LogP contribution in [0.1, 0.15) is 37.8 Å². The Morgan fingerprint density at radius 3 is 1.45 bits per heavy atom. The van der Waals surface area contributed by atoms with E-state index in [4.69, 9.17) is 11.5 Å². The first kappa shape index (κ1) is 16.6. The molecule has 0 spiro atoms. The summed E-state index contributed by atoms with van der Waals surface area (Å²) in [6.45, 7) is 4.20. The minimum Gasteiger partial charge on any atom is -0.327 e. The molecule has 0 saturated carbocycles. The van der Waals surface area contributed by atoms with Crippen LogP contribution in [0, 0.1) is 0 Å². The molecule has 118 valence electrons. The highest BCUT2D eigenvalue weighted by atomic mass is 14.8. The van der Waals surface area contributed by atoms with Crippen molar-refractivity contribution >= 4 is 0 Å².